The zero-order valence-corrected chi connectivity index (χ0v) is 7.17. The Morgan fingerprint density at radius 1 is 1.00 bits per heavy atom. The van der Waals surface area contributed by atoms with E-state index in [1.807, 2.05) is 13.8 Å². The summed E-state index contributed by atoms with van der Waals surface area (Å²) in [5.41, 5.74) is 2.41. The standard InChI is InChI=1S/C7H8N2.C2H6/c1-2-6-7(3-1)9-5-4-8-6;1-2/h4-5H,1-3H2;1-2H3. The molecular formula is C9H14N2. The van der Waals surface area contributed by atoms with E-state index in [9.17, 15) is 0 Å². The van der Waals surface area contributed by atoms with Gasteiger partial charge in [0.25, 0.3) is 0 Å². The number of nitrogens with zero attached hydrogens (tertiary/aromatic N) is 2. The highest BCUT2D eigenvalue weighted by Gasteiger charge is 2.10. The molecule has 0 atom stereocenters. The molecule has 2 heteroatoms. The van der Waals surface area contributed by atoms with E-state index < -0.39 is 0 Å². The van der Waals surface area contributed by atoms with Gasteiger partial charge in [-0.1, -0.05) is 13.8 Å². The zero-order chi connectivity index (χ0) is 8.10. The Kier molecular flexibility index (Phi) is 3.02. The van der Waals surface area contributed by atoms with E-state index in [0.717, 1.165) is 12.8 Å². The Morgan fingerprint density at radius 3 is 1.91 bits per heavy atom. The number of aryl methyl sites for hydroxylation is 2. The Balaban J connectivity index is 0.000000281. The third-order valence-corrected chi connectivity index (χ3v) is 1.69. The van der Waals surface area contributed by atoms with E-state index in [1.165, 1.54) is 17.8 Å². The van der Waals surface area contributed by atoms with E-state index in [0.29, 0.717) is 0 Å². The number of hydrogen-bond acceptors (Lipinski definition) is 2. The first kappa shape index (κ1) is 8.18. The van der Waals surface area contributed by atoms with Crippen LogP contribution in [-0.4, -0.2) is 9.97 Å². The minimum absolute atomic E-state index is 1.13. The fourth-order valence-corrected chi connectivity index (χ4v) is 1.24. The molecule has 11 heavy (non-hydrogen) atoms. The van der Waals surface area contributed by atoms with Gasteiger partial charge in [-0.3, -0.25) is 9.97 Å². The highest BCUT2D eigenvalue weighted by molar-refractivity contribution is 5.15. The van der Waals surface area contributed by atoms with E-state index in [4.69, 9.17) is 0 Å². The van der Waals surface area contributed by atoms with Gasteiger partial charge in [-0.25, -0.2) is 0 Å². The smallest absolute Gasteiger partial charge is 0.0618 e. The highest BCUT2D eigenvalue weighted by atomic mass is 14.8. The fourth-order valence-electron chi connectivity index (χ4n) is 1.24. The largest absolute Gasteiger partial charge is 0.258 e. The lowest BCUT2D eigenvalue weighted by Crippen LogP contribution is -1.88. The van der Waals surface area contributed by atoms with Gasteiger partial charge in [0.1, 0.15) is 0 Å². The van der Waals surface area contributed by atoms with Crippen molar-refractivity contribution in [2.75, 3.05) is 0 Å². The second-order valence-corrected chi connectivity index (χ2v) is 2.30. The molecule has 2 rings (SSSR count). The molecule has 0 saturated heterocycles. The molecule has 60 valence electrons. The normalized spacial score (nSPS) is 13.3. The van der Waals surface area contributed by atoms with Gasteiger partial charge >= 0.3 is 0 Å². The summed E-state index contributed by atoms with van der Waals surface area (Å²) >= 11 is 0. The van der Waals surface area contributed by atoms with Crippen molar-refractivity contribution in [3.05, 3.63) is 23.8 Å². The Hall–Kier alpha value is -0.920. The van der Waals surface area contributed by atoms with Gasteiger partial charge in [-0.05, 0) is 19.3 Å². The molecule has 0 aliphatic heterocycles. The van der Waals surface area contributed by atoms with Crippen molar-refractivity contribution in [1.82, 2.24) is 9.97 Å². The predicted octanol–water partition coefficient (Wildman–Crippen LogP) is 1.99. The minimum Gasteiger partial charge on any atom is -0.258 e. The summed E-state index contributed by atoms with van der Waals surface area (Å²) in [6.07, 6.45) is 7.03. The average Bonchev–Trinajstić information content (AvgIpc) is 2.55. The average molecular weight is 150 g/mol. The van der Waals surface area contributed by atoms with Gasteiger partial charge in [-0.2, -0.15) is 0 Å². The van der Waals surface area contributed by atoms with E-state index in [1.54, 1.807) is 12.4 Å². The molecule has 1 aromatic heterocycles. The van der Waals surface area contributed by atoms with Crippen LogP contribution in [0.25, 0.3) is 0 Å². The molecule has 0 bridgehead atoms. The summed E-state index contributed by atoms with van der Waals surface area (Å²) in [4.78, 5) is 8.39. The van der Waals surface area contributed by atoms with Crippen LogP contribution in [0, 0.1) is 0 Å². The van der Waals surface area contributed by atoms with Crippen LogP contribution in [-0.2, 0) is 12.8 Å². The maximum atomic E-state index is 4.20. The summed E-state index contributed by atoms with van der Waals surface area (Å²) in [6.45, 7) is 4.00. The molecule has 0 saturated carbocycles. The third kappa shape index (κ3) is 1.76. The van der Waals surface area contributed by atoms with Gasteiger partial charge in [0.05, 0.1) is 11.4 Å². The van der Waals surface area contributed by atoms with Crippen LogP contribution in [0.4, 0.5) is 0 Å². The van der Waals surface area contributed by atoms with Crippen molar-refractivity contribution in [1.29, 1.82) is 0 Å². The molecular weight excluding hydrogens is 136 g/mol. The number of aromatic nitrogens is 2. The number of hydrogen-bond donors (Lipinski definition) is 0. The van der Waals surface area contributed by atoms with Gasteiger partial charge in [0.2, 0.25) is 0 Å². The first-order valence-corrected chi connectivity index (χ1v) is 4.25. The third-order valence-electron chi connectivity index (χ3n) is 1.69. The molecule has 0 amide bonds. The quantitative estimate of drug-likeness (QED) is 0.565. The minimum atomic E-state index is 1.13. The Bertz CT molecular complexity index is 198. The highest BCUT2D eigenvalue weighted by Crippen LogP contribution is 2.15. The van der Waals surface area contributed by atoms with Gasteiger partial charge in [-0.15, -0.1) is 0 Å². The summed E-state index contributed by atoms with van der Waals surface area (Å²) in [6, 6.07) is 0. The second kappa shape index (κ2) is 4.06. The van der Waals surface area contributed by atoms with Gasteiger partial charge in [0.15, 0.2) is 0 Å². The number of fused-ring (bicyclic) bond motifs is 1. The molecule has 0 spiro atoms. The van der Waals surface area contributed by atoms with Crippen molar-refractivity contribution in [3.8, 4) is 0 Å². The summed E-state index contributed by atoms with van der Waals surface area (Å²) in [5, 5.41) is 0. The van der Waals surface area contributed by atoms with Crippen molar-refractivity contribution in [3.63, 3.8) is 0 Å². The van der Waals surface area contributed by atoms with Crippen LogP contribution in [0.15, 0.2) is 12.4 Å². The number of rotatable bonds is 0. The molecule has 2 nitrogen and oxygen atoms in total. The van der Waals surface area contributed by atoms with Crippen molar-refractivity contribution >= 4 is 0 Å². The molecule has 1 heterocycles. The molecule has 0 fully saturated rings. The lowest BCUT2D eigenvalue weighted by Gasteiger charge is -1.91. The second-order valence-electron chi connectivity index (χ2n) is 2.30. The maximum Gasteiger partial charge on any atom is 0.0618 e. The van der Waals surface area contributed by atoms with Crippen LogP contribution in [0.1, 0.15) is 31.7 Å². The maximum absolute atomic E-state index is 4.20. The van der Waals surface area contributed by atoms with Crippen molar-refractivity contribution in [2.24, 2.45) is 0 Å². The summed E-state index contributed by atoms with van der Waals surface area (Å²) in [5.74, 6) is 0. The first-order valence-electron chi connectivity index (χ1n) is 4.25. The van der Waals surface area contributed by atoms with Crippen LogP contribution >= 0.6 is 0 Å². The van der Waals surface area contributed by atoms with E-state index >= 15 is 0 Å². The monoisotopic (exact) mass is 150 g/mol. The molecule has 0 unspecified atom stereocenters. The van der Waals surface area contributed by atoms with Crippen LogP contribution < -0.4 is 0 Å². The van der Waals surface area contributed by atoms with Crippen LogP contribution in [0.2, 0.25) is 0 Å². The van der Waals surface area contributed by atoms with Gasteiger partial charge < -0.3 is 0 Å². The lowest BCUT2D eigenvalue weighted by atomic mass is 10.4. The first-order chi connectivity index (χ1) is 5.47. The van der Waals surface area contributed by atoms with Crippen molar-refractivity contribution in [2.45, 2.75) is 33.1 Å². The molecule has 0 N–H and O–H groups in total. The molecule has 1 aliphatic rings. The van der Waals surface area contributed by atoms with Crippen LogP contribution in [0.3, 0.4) is 0 Å². The van der Waals surface area contributed by atoms with Crippen LogP contribution in [0.5, 0.6) is 0 Å². The molecule has 0 aromatic carbocycles. The fraction of sp³-hybridized carbons (Fsp3) is 0.556. The summed E-state index contributed by atoms with van der Waals surface area (Å²) < 4.78 is 0. The topological polar surface area (TPSA) is 25.8 Å². The van der Waals surface area contributed by atoms with E-state index in [-0.39, 0.29) is 0 Å². The van der Waals surface area contributed by atoms with Gasteiger partial charge in [0, 0.05) is 12.4 Å². The SMILES string of the molecule is CC.c1cnc2c(n1)CCC2. The molecule has 1 aromatic rings. The predicted molar refractivity (Wildman–Crippen MR) is 45.4 cm³/mol. The Labute approximate surface area is 67.7 Å². The lowest BCUT2D eigenvalue weighted by molar-refractivity contribution is 0.893. The molecule has 1 aliphatic carbocycles. The zero-order valence-electron chi connectivity index (χ0n) is 7.17. The van der Waals surface area contributed by atoms with E-state index in [2.05, 4.69) is 9.97 Å². The Morgan fingerprint density at radius 2 is 1.45 bits per heavy atom. The summed E-state index contributed by atoms with van der Waals surface area (Å²) in [7, 11) is 0. The molecule has 0 radical (unpaired) electrons. The van der Waals surface area contributed by atoms with Crippen molar-refractivity contribution < 1.29 is 0 Å².